The lowest BCUT2D eigenvalue weighted by Crippen LogP contribution is -2.36. The van der Waals surface area contributed by atoms with Crippen LogP contribution in [0.25, 0.3) is 0 Å². The predicted octanol–water partition coefficient (Wildman–Crippen LogP) is 3.10. The molecule has 2 rings (SSSR count). The molecule has 1 amide bonds. The first kappa shape index (κ1) is 23.1. The molecule has 0 aliphatic carbocycles. The van der Waals surface area contributed by atoms with Gasteiger partial charge in [0.25, 0.3) is 5.91 Å². The van der Waals surface area contributed by atoms with E-state index < -0.39 is 0 Å². The van der Waals surface area contributed by atoms with Crippen LogP contribution in [0.15, 0.2) is 47.5 Å². The summed E-state index contributed by atoms with van der Waals surface area (Å²) in [4.78, 5) is 16.6. The Kier molecular flexibility index (Phi) is 9.00. The van der Waals surface area contributed by atoms with E-state index in [0.29, 0.717) is 36.1 Å². The van der Waals surface area contributed by atoms with Gasteiger partial charge in [0.1, 0.15) is 0 Å². The number of rotatable bonds is 9. The van der Waals surface area contributed by atoms with Crippen molar-refractivity contribution >= 4 is 11.9 Å². The van der Waals surface area contributed by atoms with E-state index in [9.17, 15) is 4.79 Å². The molecular formula is C23H32N4O3. The van der Waals surface area contributed by atoms with E-state index in [0.717, 1.165) is 17.5 Å². The second-order valence-electron chi connectivity index (χ2n) is 6.95. The first-order chi connectivity index (χ1) is 14.5. The summed E-state index contributed by atoms with van der Waals surface area (Å²) in [5.74, 6) is 2.00. The largest absolute Gasteiger partial charge is 0.493 e. The van der Waals surface area contributed by atoms with Gasteiger partial charge in [-0.3, -0.25) is 9.79 Å². The summed E-state index contributed by atoms with van der Waals surface area (Å²) in [7, 11) is 4.96. The molecule has 162 valence electrons. The molecule has 0 fully saturated rings. The standard InChI is InChI=1S/C23H32N4O3/c1-6-16(2)27-22(28)19-9-7-8-17(12-19)14-25-23(24-3)26-15-18-10-11-20(29-4)21(13-18)30-5/h7-13,16H,6,14-15H2,1-5H3,(H,27,28)(H2,24,25,26). The monoisotopic (exact) mass is 412 g/mol. The van der Waals surface area contributed by atoms with Crippen LogP contribution in [0.3, 0.4) is 0 Å². The molecule has 0 saturated heterocycles. The number of amides is 1. The number of benzene rings is 2. The summed E-state index contributed by atoms with van der Waals surface area (Å²) in [5.41, 5.74) is 2.70. The van der Waals surface area contributed by atoms with Gasteiger partial charge in [-0.15, -0.1) is 0 Å². The van der Waals surface area contributed by atoms with Crippen LogP contribution in [-0.2, 0) is 13.1 Å². The third-order valence-electron chi connectivity index (χ3n) is 4.77. The fourth-order valence-electron chi connectivity index (χ4n) is 2.81. The number of aliphatic imine (C=N–C) groups is 1. The number of nitrogens with one attached hydrogen (secondary N) is 3. The fraction of sp³-hybridized carbons (Fsp3) is 0.391. The van der Waals surface area contributed by atoms with Gasteiger partial charge in [0.05, 0.1) is 14.2 Å². The maximum absolute atomic E-state index is 12.3. The van der Waals surface area contributed by atoms with Gasteiger partial charge in [0.15, 0.2) is 17.5 Å². The van der Waals surface area contributed by atoms with Crippen molar-refractivity contribution in [2.75, 3.05) is 21.3 Å². The molecule has 0 bridgehead atoms. The minimum Gasteiger partial charge on any atom is -0.493 e. The molecule has 0 aromatic heterocycles. The van der Waals surface area contributed by atoms with Gasteiger partial charge < -0.3 is 25.4 Å². The highest BCUT2D eigenvalue weighted by atomic mass is 16.5. The lowest BCUT2D eigenvalue weighted by Gasteiger charge is -2.14. The average Bonchev–Trinajstić information content (AvgIpc) is 2.78. The maximum atomic E-state index is 12.3. The molecule has 0 spiro atoms. The fourth-order valence-corrected chi connectivity index (χ4v) is 2.81. The SMILES string of the molecule is CCC(C)NC(=O)c1cccc(CNC(=NC)NCc2ccc(OC)c(OC)c2)c1. The molecule has 3 N–H and O–H groups in total. The molecule has 0 radical (unpaired) electrons. The van der Waals surface area contributed by atoms with E-state index >= 15 is 0 Å². The van der Waals surface area contributed by atoms with Crippen LogP contribution in [0.2, 0.25) is 0 Å². The van der Waals surface area contributed by atoms with Crippen LogP contribution in [0, 0.1) is 0 Å². The molecule has 2 aromatic rings. The second kappa shape index (κ2) is 11.7. The number of hydrogen-bond acceptors (Lipinski definition) is 4. The van der Waals surface area contributed by atoms with Crippen molar-refractivity contribution in [3.8, 4) is 11.5 Å². The first-order valence-corrected chi connectivity index (χ1v) is 10.1. The molecule has 0 aliphatic heterocycles. The Balaban J connectivity index is 1.93. The minimum atomic E-state index is -0.0536. The van der Waals surface area contributed by atoms with Gasteiger partial charge in [0, 0.05) is 31.7 Å². The topological polar surface area (TPSA) is 84.0 Å². The van der Waals surface area contributed by atoms with Crippen LogP contribution < -0.4 is 25.4 Å². The maximum Gasteiger partial charge on any atom is 0.251 e. The molecule has 7 heteroatoms. The van der Waals surface area contributed by atoms with Crippen LogP contribution in [0.4, 0.5) is 0 Å². The Morgan fingerprint density at radius 1 is 1.00 bits per heavy atom. The van der Waals surface area contributed by atoms with Crippen molar-refractivity contribution in [1.29, 1.82) is 0 Å². The van der Waals surface area contributed by atoms with E-state index in [2.05, 4.69) is 20.9 Å². The zero-order chi connectivity index (χ0) is 21.9. The summed E-state index contributed by atoms with van der Waals surface area (Å²) < 4.78 is 10.6. The van der Waals surface area contributed by atoms with E-state index in [1.54, 1.807) is 21.3 Å². The normalized spacial score (nSPS) is 12.1. The van der Waals surface area contributed by atoms with Gasteiger partial charge in [-0.1, -0.05) is 25.1 Å². The van der Waals surface area contributed by atoms with Crippen LogP contribution in [-0.4, -0.2) is 39.2 Å². The third kappa shape index (κ3) is 6.69. The summed E-state index contributed by atoms with van der Waals surface area (Å²) in [6, 6.07) is 13.5. The van der Waals surface area contributed by atoms with Gasteiger partial charge in [-0.2, -0.15) is 0 Å². The second-order valence-corrected chi connectivity index (χ2v) is 6.95. The molecule has 1 unspecified atom stereocenters. The Bertz CT molecular complexity index is 867. The molecule has 0 aliphatic rings. The number of ether oxygens (including phenoxy) is 2. The Morgan fingerprint density at radius 3 is 2.27 bits per heavy atom. The van der Waals surface area contributed by atoms with Crippen molar-refractivity contribution in [3.05, 3.63) is 59.2 Å². The molecule has 7 nitrogen and oxygen atoms in total. The molecule has 30 heavy (non-hydrogen) atoms. The molecule has 0 heterocycles. The first-order valence-electron chi connectivity index (χ1n) is 10.1. The van der Waals surface area contributed by atoms with Crippen molar-refractivity contribution in [2.24, 2.45) is 4.99 Å². The minimum absolute atomic E-state index is 0.0536. The highest BCUT2D eigenvalue weighted by Gasteiger charge is 2.09. The van der Waals surface area contributed by atoms with E-state index in [1.165, 1.54) is 0 Å². The zero-order valence-corrected chi connectivity index (χ0v) is 18.4. The van der Waals surface area contributed by atoms with Crippen LogP contribution >= 0.6 is 0 Å². The van der Waals surface area contributed by atoms with Crippen molar-refractivity contribution < 1.29 is 14.3 Å². The van der Waals surface area contributed by atoms with Crippen molar-refractivity contribution in [2.45, 2.75) is 39.4 Å². The molecule has 1 atom stereocenters. The predicted molar refractivity (Wildman–Crippen MR) is 120 cm³/mol. The third-order valence-corrected chi connectivity index (χ3v) is 4.77. The molecule has 2 aromatic carbocycles. The van der Waals surface area contributed by atoms with Crippen LogP contribution in [0.5, 0.6) is 11.5 Å². The lowest BCUT2D eigenvalue weighted by molar-refractivity contribution is 0.0939. The highest BCUT2D eigenvalue weighted by Crippen LogP contribution is 2.27. The number of methoxy groups -OCH3 is 2. The lowest BCUT2D eigenvalue weighted by atomic mass is 10.1. The smallest absolute Gasteiger partial charge is 0.251 e. The summed E-state index contributed by atoms with van der Waals surface area (Å²) in [6.45, 7) is 5.18. The summed E-state index contributed by atoms with van der Waals surface area (Å²) >= 11 is 0. The average molecular weight is 413 g/mol. The Hall–Kier alpha value is -3.22. The van der Waals surface area contributed by atoms with E-state index in [1.807, 2.05) is 56.3 Å². The number of nitrogens with zero attached hydrogens (tertiary/aromatic N) is 1. The molecule has 0 saturated carbocycles. The number of carbonyl (C=O) groups is 1. The number of hydrogen-bond donors (Lipinski definition) is 3. The van der Waals surface area contributed by atoms with Gasteiger partial charge in [-0.05, 0) is 48.7 Å². The summed E-state index contributed by atoms with van der Waals surface area (Å²) in [6.07, 6.45) is 0.898. The van der Waals surface area contributed by atoms with Crippen molar-refractivity contribution in [1.82, 2.24) is 16.0 Å². The quantitative estimate of drug-likeness (QED) is 0.435. The van der Waals surface area contributed by atoms with Gasteiger partial charge in [0.2, 0.25) is 0 Å². The Labute approximate surface area is 178 Å². The molecular weight excluding hydrogens is 380 g/mol. The Morgan fingerprint density at radius 2 is 1.67 bits per heavy atom. The van der Waals surface area contributed by atoms with Crippen LogP contribution in [0.1, 0.15) is 41.8 Å². The zero-order valence-electron chi connectivity index (χ0n) is 18.4. The number of carbonyl (C=O) groups excluding carboxylic acids is 1. The van der Waals surface area contributed by atoms with Gasteiger partial charge >= 0.3 is 0 Å². The van der Waals surface area contributed by atoms with Crippen molar-refractivity contribution in [3.63, 3.8) is 0 Å². The number of guanidine groups is 1. The van der Waals surface area contributed by atoms with Gasteiger partial charge in [-0.25, -0.2) is 0 Å². The van der Waals surface area contributed by atoms with E-state index in [-0.39, 0.29) is 11.9 Å². The van der Waals surface area contributed by atoms with E-state index in [4.69, 9.17) is 9.47 Å². The highest BCUT2D eigenvalue weighted by molar-refractivity contribution is 5.94. The summed E-state index contributed by atoms with van der Waals surface area (Å²) in [5, 5.41) is 9.55.